The fourth-order valence-corrected chi connectivity index (χ4v) is 2.33. The Labute approximate surface area is 141 Å². The minimum absolute atomic E-state index is 0.0517. The van der Waals surface area contributed by atoms with Crippen molar-refractivity contribution in [2.75, 3.05) is 6.54 Å². The van der Waals surface area contributed by atoms with E-state index in [1.54, 1.807) is 6.08 Å². The average Bonchev–Trinajstić information content (AvgIpc) is 2.57. The molecule has 0 atom stereocenters. The smallest absolute Gasteiger partial charge is 0.303 e. The van der Waals surface area contributed by atoms with Crippen LogP contribution in [0.25, 0.3) is 0 Å². The zero-order valence-electron chi connectivity index (χ0n) is 13.7. The van der Waals surface area contributed by atoms with Crippen LogP contribution in [-0.4, -0.2) is 29.2 Å². The van der Waals surface area contributed by atoms with Gasteiger partial charge in [0.2, 0.25) is 5.91 Å². The molecule has 6 nitrogen and oxygen atoms in total. The standard InChI is InChI=1S/C18H21N3O3/c1-2-19-13-7-3-4-8-14(13)20-15-9-5-6-10-16(15)21-17(22)11-12-18(23)24/h3-8,10,19H,2,9,11-12H2,1H3,(H,21,22)(H,23,24)/p+1. The first-order valence-corrected chi connectivity index (χ1v) is 7.98. The first-order valence-electron chi connectivity index (χ1n) is 7.98. The van der Waals surface area contributed by atoms with Gasteiger partial charge in [-0.15, -0.1) is 0 Å². The lowest BCUT2D eigenvalue weighted by Crippen LogP contribution is -2.77. The van der Waals surface area contributed by atoms with Gasteiger partial charge in [0.25, 0.3) is 0 Å². The zero-order valence-corrected chi connectivity index (χ0v) is 13.7. The molecular formula is C18H22N3O3+. The lowest BCUT2D eigenvalue weighted by atomic mass is 10.1. The number of aliphatic carboxylic acids is 1. The number of nitrogens with zero attached hydrogens (tertiary/aromatic N) is 1. The molecule has 1 aromatic rings. The molecule has 0 bridgehead atoms. The number of carbonyl (C=O) groups is 2. The summed E-state index contributed by atoms with van der Waals surface area (Å²) >= 11 is 0. The predicted molar refractivity (Wildman–Crippen MR) is 92.5 cm³/mol. The van der Waals surface area contributed by atoms with Crippen LogP contribution in [0.2, 0.25) is 0 Å². The number of carboxylic acid groups (broad SMARTS) is 1. The van der Waals surface area contributed by atoms with Crippen LogP contribution in [0.1, 0.15) is 26.2 Å². The Morgan fingerprint density at radius 2 is 2.08 bits per heavy atom. The number of para-hydroxylation sites is 2. The Bertz CT molecular complexity index is 705. The molecule has 2 rings (SSSR count). The highest BCUT2D eigenvalue weighted by atomic mass is 16.4. The van der Waals surface area contributed by atoms with Crippen molar-refractivity contribution in [3.05, 3.63) is 48.2 Å². The maximum Gasteiger partial charge on any atom is 0.303 e. The number of amides is 1. The number of carbonyl (C=O) groups excluding carboxylic acids is 1. The SMILES string of the molecule is CC[NH2+]c1ccccc1N=C1CC=CC=C1NC(=O)CCC(=O)O. The summed E-state index contributed by atoms with van der Waals surface area (Å²) in [7, 11) is 0. The third kappa shape index (κ3) is 5.17. The number of nitrogens with two attached hydrogens (primary N) is 1. The van der Waals surface area contributed by atoms with E-state index in [-0.39, 0.29) is 18.7 Å². The number of allylic oxidation sites excluding steroid dienone is 4. The van der Waals surface area contributed by atoms with Crippen molar-refractivity contribution < 1.29 is 20.0 Å². The Kier molecular flexibility index (Phi) is 6.45. The number of hydrogen-bond acceptors (Lipinski definition) is 3. The van der Waals surface area contributed by atoms with Gasteiger partial charge in [0.15, 0.2) is 5.69 Å². The highest BCUT2D eigenvalue weighted by Gasteiger charge is 2.14. The first kappa shape index (κ1) is 17.6. The topological polar surface area (TPSA) is 95.4 Å². The number of aliphatic imine (C=N–C) groups is 1. The average molecular weight is 328 g/mol. The molecule has 0 aromatic heterocycles. The number of benzene rings is 1. The van der Waals surface area contributed by atoms with Gasteiger partial charge in [0.1, 0.15) is 5.69 Å². The van der Waals surface area contributed by atoms with Gasteiger partial charge < -0.3 is 15.7 Å². The van der Waals surface area contributed by atoms with Gasteiger partial charge >= 0.3 is 5.97 Å². The number of quaternary nitrogens is 1. The van der Waals surface area contributed by atoms with Crippen molar-refractivity contribution in [1.29, 1.82) is 0 Å². The summed E-state index contributed by atoms with van der Waals surface area (Å²) in [5.41, 5.74) is 3.30. The van der Waals surface area contributed by atoms with Crippen LogP contribution in [0.5, 0.6) is 0 Å². The van der Waals surface area contributed by atoms with Crippen molar-refractivity contribution in [2.24, 2.45) is 4.99 Å². The van der Waals surface area contributed by atoms with Crippen LogP contribution in [0.15, 0.2) is 53.2 Å². The molecular weight excluding hydrogens is 306 g/mol. The summed E-state index contributed by atoms with van der Waals surface area (Å²) in [5, 5.41) is 13.5. The van der Waals surface area contributed by atoms with Crippen LogP contribution >= 0.6 is 0 Å². The second kappa shape index (κ2) is 8.79. The summed E-state index contributed by atoms with van der Waals surface area (Å²) in [4.78, 5) is 27.2. The van der Waals surface area contributed by atoms with E-state index in [0.717, 1.165) is 23.6 Å². The van der Waals surface area contributed by atoms with E-state index in [9.17, 15) is 9.59 Å². The number of carboxylic acids is 1. The van der Waals surface area contributed by atoms with Gasteiger partial charge in [-0.25, -0.2) is 4.99 Å². The zero-order chi connectivity index (χ0) is 17.4. The van der Waals surface area contributed by atoms with Gasteiger partial charge in [0.05, 0.1) is 24.4 Å². The summed E-state index contributed by atoms with van der Waals surface area (Å²) < 4.78 is 0. The van der Waals surface area contributed by atoms with Crippen LogP contribution in [0.4, 0.5) is 11.4 Å². The van der Waals surface area contributed by atoms with Crippen LogP contribution < -0.4 is 10.6 Å². The quantitative estimate of drug-likeness (QED) is 0.666. The molecule has 126 valence electrons. The third-order valence-electron chi connectivity index (χ3n) is 3.48. The van der Waals surface area contributed by atoms with E-state index in [1.165, 1.54) is 0 Å². The molecule has 1 aromatic carbocycles. The largest absolute Gasteiger partial charge is 0.481 e. The molecule has 0 unspecified atom stereocenters. The van der Waals surface area contributed by atoms with Crippen molar-refractivity contribution in [3.63, 3.8) is 0 Å². The van der Waals surface area contributed by atoms with Gasteiger partial charge in [-0.05, 0) is 19.1 Å². The van der Waals surface area contributed by atoms with Crippen molar-refractivity contribution in [1.82, 2.24) is 5.32 Å². The molecule has 1 aliphatic carbocycles. The van der Waals surface area contributed by atoms with Gasteiger partial charge in [-0.3, -0.25) is 9.59 Å². The Morgan fingerprint density at radius 1 is 1.29 bits per heavy atom. The van der Waals surface area contributed by atoms with Crippen LogP contribution in [0, 0.1) is 0 Å². The van der Waals surface area contributed by atoms with Crippen molar-refractivity contribution in [2.45, 2.75) is 26.2 Å². The second-order valence-electron chi connectivity index (χ2n) is 5.38. The van der Waals surface area contributed by atoms with Gasteiger partial charge in [0, 0.05) is 18.9 Å². The van der Waals surface area contributed by atoms with Crippen molar-refractivity contribution in [3.8, 4) is 0 Å². The summed E-state index contributed by atoms with van der Waals surface area (Å²) in [6.07, 6.45) is 5.99. The normalized spacial score (nSPS) is 15.2. The fourth-order valence-electron chi connectivity index (χ4n) is 2.33. The molecule has 0 aliphatic heterocycles. The molecule has 0 spiro atoms. The predicted octanol–water partition coefficient (Wildman–Crippen LogP) is 1.80. The molecule has 1 aliphatic rings. The minimum atomic E-state index is -0.986. The summed E-state index contributed by atoms with van der Waals surface area (Å²) in [6.45, 7) is 2.98. The van der Waals surface area contributed by atoms with Crippen LogP contribution in [0.3, 0.4) is 0 Å². The minimum Gasteiger partial charge on any atom is -0.481 e. The Morgan fingerprint density at radius 3 is 2.83 bits per heavy atom. The van der Waals surface area contributed by atoms with Crippen molar-refractivity contribution >= 4 is 29.0 Å². The third-order valence-corrected chi connectivity index (χ3v) is 3.48. The van der Waals surface area contributed by atoms with Gasteiger partial charge in [-0.2, -0.15) is 0 Å². The maximum absolute atomic E-state index is 11.9. The van der Waals surface area contributed by atoms with E-state index < -0.39 is 5.97 Å². The molecule has 0 fully saturated rings. The Hall–Kier alpha value is -2.73. The lowest BCUT2D eigenvalue weighted by Gasteiger charge is -2.14. The molecule has 1 amide bonds. The monoisotopic (exact) mass is 328 g/mol. The fraction of sp³-hybridized carbons (Fsp3) is 0.278. The van der Waals surface area contributed by atoms with E-state index in [1.807, 2.05) is 36.4 Å². The highest BCUT2D eigenvalue weighted by molar-refractivity contribution is 6.06. The van der Waals surface area contributed by atoms with E-state index in [4.69, 9.17) is 10.1 Å². The molecule has 4 N–H and O–H groups in total. The molecule has 0 saturated carbocycles. The maximum atomic E-state index is 11.9. The van der Waals surface area contributed by atoms with Gasteiger partial charge in [-0.1, -0.05) is 24.3 Å². The lowest BCUT2D eigenvalue weighted by molar-refractivity contribution is -0.567. The van der Waals surface area contributed by atoms with E-state index >= 15 is 0 Å². The van der Waals surface area contributed by atoms with E-state index in [0.29, 0.717) is 12.1 Å². The summed E-state index contributed by atoms with van der Waals surface area (Å²) in [5.74, 6) is -1.30. The van der Waals surface area contributed by atoms with E-state index in [2.05, 4.69) is 17.6 Å². The number of nitrogens with one attached hydrogen (secondary N) is 1. The second-order valence-corrected chi connectivity index (χ2v) is 5.38. The molecule has 0 saturated heterocycles. The molecule has 0 radical (unpaired) electrons. The highest BCUT2D eigenvalue weighted by Crippen LogP contribution is 2.22. The first-order chi connectivity index (χ1) is 11.6. The number of hydrogen-bond donors (Lipinski definition) is 3. The van der Waals surface area contributed by atoms with Crippen LogP contribution in [-0.2, 0) is 9.59 Å². The molecule has 0 heterocycles. The molecule has 24 heavy (non-hydrogen) atoms. The molecule has 6 heteroatoms. The Balaban J connectivity index is 2.16. The summed E-state index contributed by atoms with van der Waals surface area (Å²) in [6, 6.07) is 7.85. The number of rotatable bonds is 7.